The number of carbonyl (C=O) groups is 1. The van der Waals surface area contributed by atoms with Crippen molar-refractivity contribution in [1.29, 1.82) is 0 Å². The summed E-state index contributed by atoms with van der Waals surface area (Å²) in [5.74, 6) is 0.993. The Balaban J connectivity index is 0.00000225. The molecule has 1 amide bonds. The molecule has 0 aromatic carbocycles. The van der Waals surface area contributed by atoms with E-state index in [0.29, 0.717) is 23.2 Å². The van der Waals surface area contributed by atoms with Gasteiger partial charge in [-0.2, -0.15) is 4.98 Å². The first-order valence-corrected chi connectivity index (χ1v) is 8.80. The Bertz CT molecular complexity index is 747. The van der Waals surface area contributed by atoms with Gasteiger partial charge in [-0.15, -0.1) is 23.7 Å². The van der Waals surface area contributed by atoms with E-state index in [1.807, 2.05) is 6.92 Å². The predicted octanol–water partition coefficient (Wildman–Crippen LogP) is 2.06. The van der Waals surface area contributed by atoms with E-state index in [4.69, 9.17) is 9.47 Å². The predicted molar refractivity (Wildman–Crippen MR) is 100 cm³/mol. The first-order chi connectivity index (χ1) is 11.6. The minimum atomic E-state index is -0.0438. The number of rotatable bonds is 5. The first kappa shape index (κ1) is 19.8. The Morgan fingerprint density at radius 2 is 2.04 bits per heavy atom. The third-order valence-corrected chi connectivity index (χ3v) is 5.34. The summed E-state index contributed by atoms with van der Waals surface area (Å²) >= 11 is 1.38. The Morgan fingerprint density at radius 3 is 2.68 bits per heavy atom. The highest BCUT2D eigenvalue weighted by atomic mass is 35.5. The van der Waals surface area contributed by atoms with Crippen LogP contribution >= 0.6 is 23.7 Å². The summed E-state index contributed by atoms with van der Waals surface area (Å²) in [6, 6.07) is 0.223. The molecule has 7 nitrogen and oxygen atoms in total. The normalized spacial score (nSPS) is 15.0. The lowest BCUT2D eigenvalue weighted by Gasteiger charge is -2.23. The molecule has 1 saturated heterocycles. The number of fused-ring (bicyclic) bond motifs is 1. The second-order valence-corrected chi connectivity index (χ2v) is 6.82. The Kier molecular flexibility index (Phi) is 6.95. The molecule has 0 aliphatic carbocycles. The fourth-order valence-corrected chi connectivity index (χ4v) is 4.01. The number of methoxy groups -OCH3 is 2. The van der Waals surface area contributed by atoms with Gasteiger partial charge in [0.2, 0.25) is 5.88 Å². The lowest BCUT2D eigenvalue weighted by Crippen LogP contribution is -2.42. The van der Waals surface area contributed by atoms with Gasteiger partial charge in [0.05, 0.1) is 17.4 Å². The quantitative estimate of drug-likeness (QED) is 0.818. The maximum absolute atomic E-state index is 12.7. The molecule has 3 rings (SSSR count). The molecule has 2 aromatic rings. The number of amides is 1. The molecule has 1 fully saturated rings. The monoisotopic (exact) mass is 386 g/mol. The van der Waals surface area contributed by atoms with E-state index in [9.17, 15) is 4.79 Å². The fraction of sp³-hybridized carbons (Fsp3) is 0.562. The van der Waals surface area contributed by atoms with Gasteiger partial charge in [-0.3, -0.25) is 4.79 Å². The van der Waals surface area contributed by atoms with Crippen molar-refractivity contribution in [2.24, 2.45) is 0 Å². The van der Waals surface area contributed by atoms with Crippen molar-refractivity contribution < 1.29 is 14.3 Å². The first-order valence-electron chi connectivity index (χ1n) is 7.98. The van der Waals surface area contributed by atoms with Crippen LogP contribution in [0.5, 0.6) is 5.88 Å². The van der Waals surface area contributed by atoms with Gasteiger partial charge < -0.3 is 20.1 Å². The highest BCUT2D eigenvalue weighted by Crippen LogP contribution is 2.35. The third kappa shape index (κ3) is 4.20. The van der Waals surface area contributed by atoms with Gasteiger partial charge in [0, 0.05) is 13.2 Å². The number of aromatic nitrogens is 2. The fourth-order valence-electron chi connectivity index (χ4n) is 2.92. The van der Waals surface area contributed by atoms with Crippen LogP contribution in [-0.4, -0.2) is 49.2 Å². The molecule has 0 spiro atoms. The summed E-state index contributed by atoms with van der Waals surface area (Å²) in [7, 11) is 3.17. The molecule has 0 saturated carbocycles. The van der Waals surface area contributed by atoms with Crippen LogP contribution in [0.1, 0.15) is 33.9 Å². The average molecular weight is 387 g/mol. The second kappa shape index (κ2) is 8.75. The zero-order chi connectivity index (χ0) is 17.1. The maximum atomic E-state index is 12.7. The zero-order valence-electron chi connectivity index (χ0n) is 14.5. The van der Waals surface area contributed by atoms with E-state index < -0.39 is 0 Å². The average Bonchev–Trinajstić information content (AvgIpc) is 2.92. The SMILES string of the molecule is COCc1nc(OC)c2c(C)c(C(=O)NC3CCNCC3)sc2n1.Cl. The molecule has 1 aliphatic rings. The summed E-state index contributed by atoms with van der Waals surface area (Å²) in [4.78, 5) is 23.0. The number of nitrogens with zero attached hydrogens (tertiary/aromatic N) is 2. The molecular weight excluding hydrogens is 364 g/mol. The van der Waals surface area contributed by atoms with Gasteiger partial charge in [-0.05, 0) is 38.4 Å². The smallest absolute Gasteiger partial charge is 0.261 e. The zero-order valence-corrected chi connectivity index (χ0v) is 16.2. The van der Waals surface area contributed by atoms with E-state index >= 15 is 0 Å². The highest BCUT2D eigenvalue weighted by Gasteiger charge is 2.23. The van der Waals surface area contributed by atoms with Crippen LogP contribution in [0.3, 0.4) is 0 Å². The van der Waals surface area contributed by atoms with E-state index in [1.54, 1.807) is 14.2 Å². The maximum Gasteiger partial charge on any atom is 0.261 e. The summed E-state index contributed by atoms with van der Waals surface area (Å²) in [6.45, 7) is 4.10. The van der Waals surface area contributed by atoms with E-state index in [1.165, 1.54) is 11.3 Å². The van der Waals surface area contributed by atoms with Crippen molar-refractivity contribution in [3.8, 4) is 5.88 Å². The molecule has 138 valence electrons. The molecule has 2 aromatic heterocycles. The van der Waals surface area contributed by atoms with Crippen LogP contribution in [-0.2, 0) is 11.3 Å². The van der Waals surface area contributed by atoms with Crippen LogP contribution in [0.2, 0.25) is 0 Å². The number of hydrogen-bond acceptors (Lipinski definition) is 7. The number of thiophene rings is 1. The van der Waals surface area contributed by atoms with Crippen LogP contribution in [0.4, 0.5) is 0 Å². The van der Waals surface area contributed by atoms with Gasteiger partial charge in [0.15, 0.2) is 5.82 Å². The minimum Gasteiger partial charge on any atom is -0.480 e. The third-order valence-electron chi connectivity index (χ3n) is 4.15. The van der Waals surface area contributed by atoms with Crippen molar-refractivity contribution in [2.45, 2.75) is 32.4 Å². The van der Waals surface area contributed by atoms with Gasteiger partial charge in [0.1, 0.15) is 11.4 Å². The summed E-state index contributed by atoms with van der Waals surface area (Å²) in [6.07, 6.45) is 1.91. The molecule has 2 N–H and O–H groups in total. The molecule has 0 radical (unpaired) electrons. The standard InChI is InChI=1S/C16H22N4O3S.ClH/c1-9-12-15(23-3)19-11(8-22-2)20-16(12)24-13(9)14(21)18-10-4-6-17-7-5-10;/h10,17H,4-8H2,1-3H3,(H,18,21);1H. The Morgan fingerprint density at radius 1 is 1.32 bits per heavy atom. The number of carbonyl (C=O) groups excluding carboxylic acids is 1. The van der Waals surface area contributed by atoms with E-state index in [2.05, 4.69) is 20.6 Å². The molecule has 3 heterocycles. The number of ether oxygens (including phenoxy) is 2. The van der Waals surface area contributed by atoms with E-state index in [-0.39, 0.29) is 24.4 Å². The highest BCUT2D eigenvalue weighted by molar-refractivity contribution is 7.20. The second-order valence-electron chi connectivity index (χ2n) is 5.82. The summed E-state index contributed by atoms with van der Waals surface area (Å²) in [5, 5.41) is 7.23. The lowest BCUT2D eigenvalue weighted by atomic mass is 10.1. The summed E-state index contributed by atoms with van der Waals surface area (Å²) in [5.41, 5.74) is 0.863. The van der Waals surface area contributed by atoms with Crippen molar-refractivity contribution in [2.75, 3.05) is 27.3 Å². The molecule has 0 bridgehead atoms. The number of aryl methyl sites for hydroxylation is 1. The van der Waals surface area contributed by atoms with E-state index in [0.717, 1.165) is 41.7 Å². The molecule has 1 aliphatic heterocycles. The molecule has 25 heavy (non-hydrogen) atoms. The van der Waals surface area contributed by atoms with Crippen LogP contribution in [0.15, 0.2) is 0 Å². The van der Waals surface area contributed by atoms with Gasteiger partial charge in [-0.25, -0.2) is 4.98 Å². The van der Waals surface area contributed by atoms with Crippen molar-refractivity contribution in [1.82, 2.24) is 20.6 Å². The molecule has 0 atom stereocenters. The van der Waals surface area contributed by atoms with Crippen molar-refractivity contribution in [3.05, 3.63) is 16.3 Å². The van der Waals surface area contributed by atoms with Crippen LogP contribution < -0.4 is 15.4 Å². The Labute approximate surface area is 156 Å². The Hall–Kier alpha value is -1.48. The number of nitrogens with one attached hydrogen (secondary N) is 2. The van der Waals surface area contributed by atoms with Gasteiger partial charge in [0.25, 0.3) is 5.91 Å². The molecular formula is C16H23ClN4O3S. The molecule has 9 heteroatoms. The molecule has 0 unspecified atom stereocenters. The summed E-state index contributed by atoms with van der Waals surface area (Å²) < 4.78 is 10.5. The van der Waals surface area contributed by atoms with Crippen molar-refractivity contribution >= 4 is 39.9 Å². The largest absolute Gasteiger partial charge is 0.480 e. The van der Waals surface area contributed by atoms with Gasteiger partial charge >= 0.3 is 0 Å². The topological polar surface area (TPSA) is 85.4 Å². The minimum absolute atomic E-state index is 0. The lowest BCUT2D eigenvalue weighted by molar-refractivity contribution is 0.0933. The van der Waals surface area contributed by atoms with Crippen molar-refractivity contribution in [3.63, 3.8) is 0 Å². The number of hydrogen-bond donors (Lipinski definition) is 2. The van der Waals surface area contributed by atoms with Gasteiger partial charge in [-0.1, -0.05) is 0 Å². The van der Waals surface area contributed by atoms with Crippen LogP contribution in [0, 0.1) is 6.92 Å². The number of halogens is 1. The number of piperidine rings is 1. The van der Waals surface area contributed by atoms with Crippen LogP contribution in [0.25, 0.3) is 10.2 Å².